The first kappa shape index (κ1) is 16.5. The first-order chi connectivity index (χ1) is 11.1. The number of rotatable bonds is 4. The molecule has 0 aliphatic carbocycles. The molecule has 3 unspecified atom stereocenters. The molecule has 23 heavy (non-hydrogen) atoms. The number of halogens is 2. The summed E-state index contributed by atoms with van der Waals surface area (Å²) in [5.74, 6) is 0.221. The van der Waals surface area contributed by atoms with Crippen molar-refractivity contribution in [3.8, 4) is 5.75 Å². The van der Waals surface area contributed by atoms with Crippen LogP contribution in [-0.4, -0.2) is 17.4 Å². The lowest BCUT2D eigenvalue weighted by atomic mass is 10.0. The van der Waals surface area contributed by atoms with Gasteiger partial charge in [0.2, 0.25) is 0 Å². The molecular weight excluding hydrogens is 408 g/mol. The fraction of sp³-hybridized carbons (Fsp3) is 0.294. The van der Waals surface area contributed by atoms with Crippen LogP contribution in [0.1, 0.15) is 24.1 Å². The Balaban J connectivity index is 1.74. The average Bonchev–Trinajstić information content (AvgIpc) is 2.91. The van der Waals surface area contributed by atoms with E-state index in [1.165, 1.54) is 0 Å². The highest BCUT2D eigenvalue weighted by Gasteiger charge is 2.37. The van der Waals surface area contributed by atoms with Crippen molar-refractivity contribution in [2.24, 2.45) is 0 Å². The molecule has 0 aromatic heterocycles. The smallest absolute Gasteiger partial charge is 0.155 e. The van der Waals surface area contributed by atoms with Gasteiger partial charge in [-0.3, -0.25) is 0 Å². The highest BCUT2D eigenvalue weighted by molar-refractivity contribution is 14.1. The third-order valence-corrected chi connectivity index (χ3v) is 4.76. The largest absolute Gasteiger partial charge is 0.508 e. The van der Waals surface area contributed by atoms with Crippen molar-refractivity contribution < 1.29 is 9.50 Å². The molecule has 1 fully saturated rings. The number of hydrogen-bond donors (Lipinski definition) is 4. The standard InChI is InChI=1S/C17H19FIN3O/c1-2-10-9-13(23)7-8-14(10)20-17-15(18)16(21-22-17)11-3-5-12(19)6-4-11/h3-9,15-17,20-23H,2H2,1H3. The van der Waals surface area contributed by atoms with Crippen LogP contribution >= 0.6 is 22.6 Å². The molecule has 6 heteroatoms. The summed E-state index contributed by atoms with van der Waals surface area (Å²) in [6.07, 6.45) is -0.892. The van der Waals surface area contributed by atoms with E-state index in [2.05, 4.69) is 38.8 Å². The van der Waals surface area contributed by atoms with Gasteiger partial charge in [0.15, 0.2) is 6.17 Å². The predicted molar refractivity (Wildman–Crippen MR) is 98.0 cm³/mol. The van der Waals surface area contributed by atoms with Crippen molar-refractivity contribution in [3.05, 3.63) is 57.2 Å². The zero-order valence-corrected chi connectivity index (χ0v) is 14.8. The van der Waals surface area contributed by atoms with Gasteiger partial charge in [0, 0.05) is 9.26 Å². The molecule has 4 nitrogen and oxygen atoms in total. The van der Waals surface area contributed by atoms with Gasteiger partial charge >= 0.3 is 0 Å². The van der Waals surface area contributed by atoms with E-state index in [4.69, 9.17) is 0 Å². The Hall–Kier alpha value is -1.38. The number of hydrazine groups is 1. The van der Waals surface area contributed by atoms with Crippen LogP contribution in [0, 0.1) is 3.57 Å². The van der Waals surface area contributed by atoms with Gasteiger partial charge in [-0.1, -0.05) is 19.1 Å². The molecule has 3 atom stereocenters. The van der Waals surface area contributed by atoms with Crippen molar-refractivity contribution in [1.29, 1.82) is 0 Å². The van der Waals surface area contributed by atoms with E-state index in [1.807, 2.05) is 31.2 Å². The average molecular weight is 427 g/mol. The Morgan fingerprint density at radius 1 is 1.17 bits per heavy atom. The molecule has 4 N–H and O–H groups in total. The van der Waals surface area contributed by atoms with Gasteiger partial charge in [-0.15, -0.1) is 0 Å². The molecule has 1 aliphatic rings. The van der Waals surface area contributed by atoms with E-state index in [1.54, 1.807) is 18.2 Å². The number of nitrogens with one attached hydrogen (secondary N) is 3. The van der Waals surface area contributed by atoms with Crippen LogP contribution in [0.25, 0.3) is 0 Å². The van der Waals surface area contributed by atoms with Gasteiger partial charge in [-0.2, -0.15) is 0 Å². The van der Waals surface area contributed by atoms with Crippen molar-refractivity contribution in [3.63, 3.8) is 0 Å². The Kier molecular flexibility index (Phi) is 5.03. The minimum atomic E-state index is -1.12. The topological polar surface area (TPSA) is 56.3 Å². The molecule has 0 amide bonds. The lowest BCUT2D eigenvalue weighted by Gasteiger charge is -2.20. The number of anilines is 1. The number of alkyl halides is 1. The van der Waals surface area contributed by atoms with E-state index in [-0.39, 0.29) is 5.75 Å². The zero-order valence-electron chi connectivity index (χ0n) is 12.7. The Morgan fingerprint density at radius 2 is 1.91 bits per heavy atom. The molecule has 1 heterocycles. The van der Waals surface area contributed by atoms with Gasteiger partial charge in [0.1, 0.15) is 11.9 Å². The first-order valence-electron chi connectivity index (χ1n) is 7.57. The number of phenols is 1. The van der Waals surface area contributed by atoms with Crippen LogP contribution in [0.5, 0.6) is 5.75 Å². The Labute approximate surface area is 148 Å². The van der Waals surface area contributed by atoms with Crippen LogP contribution in [0.3, 0.4) is 0 Å². The number of aryl methyl sites for hydroxylation is 1. The lowest BCUT2D eigenvalue weighted by molar-refractivity contribution is 0.288. The van der Waals surface area contributed by atoms with E-state index in [0.717, 1.165) is 26.8 Å². The van der Waals surface area contributed by atoms with E-state index in [9.17, 15) is 9.50 Å². The Morgan fingerprint density at radius 3 is 2.61 bits per heavy atom. The summed E-state index contributed by atoms with van der Waals surface area (Å²) in [5, 5.41) is 12.8. The minimum absolute atomic E-state index is 0.221. The van der Waals surface area contributed by atoms with Crippen LogP contribution in [0.2, 0.25) is 0 Å². The number of hydrogen-bond acceptors (Lipinski definition) is 4. The van der Waals surface area contributed by atoms with Gasteiger partial charge in [0.05, 0.1) is 6.04 Å². The summed E-state index contributed by atoms with van der Waals surface area (Å²) in [5.41, 5.74) is 8.70. The fourth-order valence-electron chi connectivity index (χ4n) is 2.77. The van der Waals surface area contributed by atoms with Crippen molar-refractivity contribution in [1.82, 2.24) is 10.9 Å². The maximum absolute atomic E-state index is 14.8. The first-order valence-corrected chi connectivity index (χ1v) is 8.65. The summed E-state index contributed by atoms with van der Waals surface area (Å²) in [6, 6.07) is 12.5. The van der Waals surface area contributed by atoms with Gasteiger partial charge in [-0.05, 0) is 70.5 Å². The maximum atomic E-state index is 14.8. The van der Waals surface area contributed by atoms with Crippen LogP contribution in [0.4, 0.5) is 10.1 Å². The molecule has 1 saturated heterocycles. The van der Waals surface area contributed by atoms with Crippen LogP contribution in [-0.2, 0) is 6.42 Å². The van der Waals surface area contributed by atoms with E-state index in [0.29, 0.717) is 0 Å². The van der Waals surface area contributed by atoms with E-state index < -0.39 is 18.4 Å². The quantitative estimate of drug-likeness (QED) is 0.446. The summed E-state index contributed by atoms with van der Waals surface area (Å²) in [7, 11) is 0. The molecule has 3 rings (SSSR count). The molecule has 1 aliphatic heterocycles. The second-order valence-corrected chi connectivity index (χ2v) is 6.82. The highest BCUT2D eigenvalue weighted by Crippen LogP contribution is 2.29. The van der Waals surface area contributed by atoms with Crippen molar-refractivity contribution in [2.45, 2.75) is 31.7 Å². The molecule has 0 saturated carbocycles. The Bertz CT molecular complexity index is 680. The highest BCUT2D eigenvalue weighted by atomic mass is 127. The van der Waals surface area contributed by atoms with Crippen LogP contribution in [0.15, 0.2) is 42.5 Å². The van der Waals surface area contributed by atoms with Crippen molar-refractivity contribution >= 4 is 28.3 Å². The van der Waals surface area contributed by atoms with Gasteiger partial charge in [-0.25, -0.2) is 15.2 Å². The third-order valence-electron chi connectivity index (χ3n) is 4.04. The van der Waals surface area contributed by atoms with Crippen molar-refractivity contribution in [2.75, 3.05) is 5.32 Å². The summed E-state index contributed by atoms with van der Waals surface area (Å²) in [4.78, 5) is 0. The fourth-order valence-corrected chi connectivity index (χ4v) is 3.12. The molecule has 0 radical (unpaired) electrons. The zero-order chi connectivity index (χ0) is 16.4. The summed E-state index contributed by atoms with van der Waals surface area (Å²) >= 11 is 2.23. The molecule has 2 aromatic carbocycles. The lowest BCUT2D eigenvalue weighted by Crippen LogP contribution is -2.39. The maximum Gasteiger partial charge on any atom is 0.155 e. The van der Waals surface area contributed by atoms with Crippen LogP contribution < -0.4 is 16.2 Å². The summed E-state index contributed by atoms with van der Waals surface area (Å²) in [6.45, 7) is 2.00. The monoisotopic (exact) mass is 427 g/mol. The van der Waals surface area contributed by atoms with E-state index >= 15 is 0 Å². The normalized spacial score (nSPS) is 23.9. The molecular formula is C17H19FIN3O. The predicted octanol–water partition coefficient (Wildman–Crippen LogP) is 3.48. The number of benzene rings is 2. The summed E-state index contributed by atoms with van der Waals surface area (Å²) < 4.78 is 15.9. The molecule has 0 bridgehead atoms. The van der Waals surface area contributed by atoms with Gasteiger partial charge < -0.3 is 10.4 Å². The third kappa shape index (κ3) is 3.59. The second-order valence-electron chi connectivity index (χ2n) is 5.58. The minimum Gasteiger partial charge on any atom is -0.508 e. The SMILES string of the molecule is CCc1cc(O)ccc1NC1NNC(c2ccc(I)cc2)C1F. The molecule has 0 spiro atoms. The molecule has 2 aromatic rings. The second kappa shape index (κ2) is 7.02. The number of aromatic hydroxyl groups is 1. The number of phenolic OH excluding ortho intramolecular Hbond substituents is 1. The van der Waals surface area contributed by atoms with Gasteiger partial charge in [0.25, 0.3) is 0 Å². The molecule has 122 valence electrons.